The predicted octanol–water partition coefficient (Wildman–Crippen LogP) is 5.23. The van der Waals surface area contributed by atoms with Crippen molar-refractivity contribution in [2.75, 3.05) is 34.0 Å². The summed E-state index contributed by atoms with van der Waals surface area (Å²) >= 11 is 0. The van der Waals surface area contributed by atoms with Crippen LogP contribution >= 0.6 is 0 Å². The van der Waals surface area contributed by atoms with Gasteiger partial charge in [-0.2, -0.15) is 13.2 Å². The second-order valence-electron chi connectivity index (χ2n) is 16.9. The number of aryl methyl sites for hydroxylation is 1. The minimum Gasteiger partial charge on any atom is -0.497 e. The quantitative estimate of drug-likeness (QED) is 0.162. The summed E-state index contributed by atoms with van der Waals surface area (Å²) in [5.74, 6) is -2.48. The summed E-state index contributed by atoms with van der Waals surface area (Å²) < 4.78 is 66.5. The zero-order chi connectivity index (χ0) is 42.2. The Morgan fingerprint density at radius 3 is 2.61 bits per heavy atom. The molecule has 0 unspecified atom stereocenters. The monoisotopic (exact) mass is 831 g/mol. The van der Waals surface area contributed by atoms with E-state index in [4.69, 9.17) is 28.8 Å². The van der Waals surface area contributed by atoms with Crippen molar-refractivity contribution in [2.24, 2.45) is 11.8 Å². The molecular formula is C41H52F3N5O10. The van der Waals surface area contributed by atoms with Gasteiger partial charge in [-0.3, -0.25) is 14.4 Å². The number of aromatic nitrogens is 1. The molecule has 0 bridgehead atoms. The Bertz CT molecular complexity index is 1970. The lowest BCUT2D eigenvalue weighted by atomic mass is 9.87. The fourth-order valence-corrected chi connectivity index (χ4v) is 8.37. The van der Waals surface area contributed by atoms with E-state index in [1.165, 1.54) is 31.3 Å². The molecule has 1 saturated heterocycles. The average Bonchev–Trinajstić information content (AvgIpc) is 4.09. The topological polar surface area (TPSA) is 176 Å². The van der Waals surface area contributed by atoms with E-state index in [9.17, 15) is 32.3 Å². The first-order valence-electron chi connectivity index (χ1n) is 20.2. The van der Waals surface area contributed by atoms with Gasteiger partial charge in [0.1, 0.15) is 34.6 Å². The molecule has 4 amide bonds. The minimum atomic E-state index is -4.90. The molecule has 2 aromatic rings. The summed E-state index contributed by atoms with van der Waals surface area (Å²) in [6, 6.07) is 2.15. The predicted molar refractivity (Wildman–Crippen MR) is 204 cm³/mol. The lowest BCUT2D eigenvalue weighted by molar-refractivity contribution is -0.369. The van der Waals surface area contributed by atoms with Crippen molar-refractivity contribution in [3.63, 3.8) is 0 Å². The molecule has 7 rings (SSSR count). The number of carbonyl (C=O) groups is 4. The molecule has 3 fully saturated rings. The highest BCUT2D eigenvalue weighted by Crippen LogP contribution is 2.50. The van der Waals surface area contributed by atoms with Gasteiger partial charge < -0.3 is 34.5 Å². The Hall–Kier alpha value is -4.68. The number of alkyl carbamates (subject to hydrolysis) is 1. The van der Waals surface area contributed by atoms with Crippen LogP contribution in [0.25, 0.3) is 10.9 Å². The number of allylic oxidation sites excluding steroid dienone is 1. The van der Waals surface area contributed by atoms with Crippen LogP contribution in [0.3, 0.4) is 0 Å². The van der Waals surface area contributed by atoms with Gasteiger partial charge in [0.15, 0.2) is 11.4 Å². The number of ether oxygens (including phenoxy) is 4. The van der Waals surface area contributed by atoms with Crippen LogP contribution in [0, 0.1) is 11.8 Å². The van der Waals surface area contributed by atoms with Crippen LogP contribution < -0.4 is 25.6 Å². The molecule has 5 atom stereocenters. The number of benzene rings is 1. The van der Waals surface area contributed by atoms with E-state index in [2.05, 4.69) is 21.1 Å². The lowest BCUT2D eigenvalue weighted by Crippen LogP contribution is -2.58. The Morgan fingerprint density at radius 1 is 1.10 bits per heavy atom. The van der Waals surface area contributed by atoms with Crippen LogP contribution in [0.15, 0.2) is 30.4 Å². The van der Waals surface area contributed by atoms with Gasteiger partial charge in [-0.1, -0.05) is 38.8 Å². The SMILES string of the molecule is COCC1(OONC(=O)[C@@]23C[C@H]2/C=C\CCCCC[C@H](NC(=O)OCC(C)C)C(=O)N2C[C@@]4(CCc5c(c(C(F)(F)F)nc6ccc(OC)cc56)O4)C[C@H]2C(=O)N3)CC1. The summed E-state index contributed by atoms with van der Waals surface area (Å²) in [5, 5.41) is 6.00. The number of pyridine rings is 1. The molecule has 3 N–H and O–H groups in total. The number of amides is 4. The number of alkyl halides is 3. The smallest absolute Gasteiger partial charge is 0.437 e. The van der Waals surface area contributed by atoms with Crippen LogP contribution in [0.2, 0.25) is 0 Å². The van der Waals surface area contributed by atoms with Crippen molar-refractivity contribution in [1.82, 2.24) is 26.0 Å². The van der Waals surface area contributed by atoms with Crippen molar-refractivity contribution in [3.8, 4) is 11.5 Å². The van der Waals surface area contributed by atoms with Gasteiger partial charge in [-0.25, -0.2) is 20.1 Å². The third-order valence-corrected chi connectivity index (χ3v) is 11.9. The van der Waals surface area contributed by atoms with Gasteiger partial charge in [-0.15, -0.1) is 4.99 Å². The van der Waals surface area contributed by atoms with Gasteiger partial charge >= 0.3 is 12.3 Å². The standard InChI is InChI=1S/C41H52F3N5O10/c1-24(2)21-56-37(53)46-30-11-9-7-5-6-8-10-25-19-40(25,36(52)48-59-58-38(16-17-38)23-54-3)47-34(50)31-20-39(22-49(31)35(30)51)15-14-27-28-18-26(55-4)12-13-29(28)45-33(32(27)57-39)41(42,43)44/h8,10,12-13,18,24-25,30-31H,5-7,9,11,14-17,19-23H2,1-4H3,(H,46,53)(H,47,50)(H,48,52)/b10-8-/t25-,30+,31+,39-,40-/m1/s1. The lowest BCUT2D eigenvalue weighted by Gasteiger charge is -2.37. The Morgan fingerprint density at radius 2 is 1.90 bits per heavy atom. The minimum absolute atomic E-state index is 0.0254. The molecule has 2 aliphatic carbocycles. The van der Waals surface area contributed by atoms with Gasteiger partial charge in [0.25, 0.3) is 5.91 Å². The van der Waals surface area contributed by atoms with Gasteiger partial charge in [0.05, 0.1) is 32.4 Å². The van der Waals surface area contributed by atoms with Crippen LogP contribution in [0.1, 0.15) is 89.3 Å². The molecule has 1 spiro atoms. The summed E-state index contributed by atoms with van der Waals surface area (Å²) in [6.45, 7) is 3.82. The maximum absolute atomic E-state index is 14.7. The number of nitrogens with zero attached hydrogens (tertiary/aromatic N) is 2. The molecule has 3 aliphatic heterocycles. The molecule has 1 aromatic heterocycles. The average molecular weight is 832 g/mol. The van der Waals surface area contributed by atoms with Gasteiger partial charge in [0, 0.05) is 30.4 Å². The highest BCUT2D eigenvalue weighted by atomic mass is 19.4. The number of fused-ring (bicyclic) bond motifs is 5. The molecule has 2 saturated carbocycles. The number of hydrogen-bond donors (Lipinski definition) is 3. The number of nitrogens with one attached hydrogen (secondary N) is 3. The number of halogens is 3. The zero-order valence-electron chi connectivity index (χ0n) is 33.7. The number of hydrogen-bond acceptors (Lipinski definition) is 11. The first kappa shape index (κ1) is 42.4. The summed E-state index contributed by atoms with van der Waals surface area (Å²) in [7, 11) is 2.97. The van der Waals surface area contributed by atoms with E-state index in [-0.39, 0.29) is 68.9 Å². The van der Waals surface area contributed by atoms with Crippen molar-refractivity contribution in [1.29, 1.82) is 0 Å². The fourth-order valence-electron chi connectivity index (χ4n) is 8.37. The van der Waals surface area contributed by atoms with Crippen LogP contribution in [-0.4, -0.2) is 96.5 Å². The molecule has 322 valence electrons. The van der Waals surface area contributed by atoms with Crippen molar-refractivity contribution in [2.45, 2.75) is 119 Å². The van der Waals surface area contributed by atoms with E-state index in [0.29, 0.717) is 43.2 Å². The molecule has 15 nitrogen and oxygen atoms in total. The molecule has 59 heavy (non-hydrogen) atoms. The van der Waals surface area contributed by atoms with Crippen LogP contribution in [-0.2, 0) is 46.3 Å². The number of carbonyl (C=O) groups excluding carboxylic acids is 4. The molecule has 4 heterocycles. The zero-order valence-corrected chi connectivity index (χ0v) is 33.7. The third kappa shape index (κ3) is 9.09. The first-order chi connectivity index (χ1) is 28.1. The second kappa shape index (κ2) is 16.8. The van der Waals surface area contributed by atoms with Crippen molar-refractivity contribution in [3.05, 3.63) is 41.6 Å². The number of hydroxylamine groups is 1. The van der Waals surface area contributed by atoms with Gasteiger partial charge in [-0.05, 0) is 75.5 Å². The second-order valence-corrected chi connectivity index (χ2v) is 16.9. The number of methoxy groups -OCH3 is 2. The summed E-state index contributed by atoms with van der Waals surface area (Å²) in [6.07, 6.45) is 2.58. The van der Waals surface area contributed by atoms with Crippen LogP contribution in [0.4, 0.5) is 18.0 Å². The first-order valence-corrected chi connectivity index (χ1v) is 20.2. The largest absolute Gasteiger partial charge is 0.497 e. The molecule has 0 radical (unpaired) electrons. The Balaban J connectivity index is 1.22. The summed E-state index contributed by atoms with van der Waals surface area (Å²) in [4.78, 5) is 72.0. The van der Waals surface area contributed by atoms with E-state index in [1.807, 2.05) is 26.0 Å². The van der Waals surface area contributed by atoms with Gasteiger partial charge in [0.2, 0.25) is 11.8 Å². The Labute approximate surface area is 339 Å². The van der Waals surface area contributed by atoms with Crippen molar-refractivity contribution >= 4 is 34.7 Å². The maximum Gasteiger partial charge on any atom is 0.437 e. The van der Waals surface area contributed by atoms with Crippen LogP contribution in [0.5, 0.6) is 11.5 Å². The molecule has 1 aromatic carbocycles. The van der Waals surface area contributed by atoms with E-state index in [0.717, 1.165) is 6.42 Å². The number of rotatable bonds is 10. The molecular weight excluding hydrogens is 779 g/mol. The Kier molecular flexibility index (Phi) is 12.1. The van der Waals surface area contributed by atoms with E-state index < -0.39 is 76.2 Å². The molecule has 5 aliphatic rings. The van der Waals surface area contributed by atoms with E-state index >= 15 is 0 Å². The fraction of sp³-hybridized carbons (Fsp3) is 0.634. The highest BCUT2D eigenvalue weighted by Gasteiger charge is 2.63. The summed E-state index contributed by atoms with van der Waals surface area (Å²) in [5.41, 5.74) is -2.14. The van der Waals surface area contributed by atoms with Crippen molar-refractivity contribution < 1.29 is 61.2 Å². The maximum atomic E-state index is 14.7. The van der Waals surface area contributed by atoms with E-state index in [1.54, 1.807) is 6.07 Å². The molecule has 18 heteroatoms. The third-order valence-electron chi connectivity index (χ3n) is 11.9. The normalized spacial score (nSPS) is 28.3. The highest BCUT2D eigenvalue weighted by molar-refractivity contribution is 5.98.